The number of anilines is 1. The number of nitrogens with zero attached hydrogens (tertiary/aromatic N) is 3. The van der Waals surface area contributed by atoms with Crippen LogP contribution in [0.25, 0.3) is 16.9 Å². The Balaban J connectivity index is 1.66. The maximum atomic E-state index is 13.3. The van der Waals surface area contributed by atoms with Gasteiger partial charge in [-0.25, -0.2) is 13.4 Å². The van der Waals surface area contributed by atoms with Gasteiger partial charge in [-0.15, -0.1) is 6.58 Å². The van der Waals surface area contributed by atoms with Crippen LogP contribution in [0, 0.1) is 0 Å². The number of nitrogens with one attached hydrogen (secondary N) is 1. The first-order valence-electron chi connectivity index (χ1n) is 12.2. The first kappa shape index (κ1) is 28.4. The molecule has 0 aliphatic carbocycles. The molecule has 0 aliphatic heterocycles. The first-order valence-corrected chi connectivity index (χ1v) is 13.7. The van der Waals surface area contributed by atoms with E-state index in [1.807, 2.05) is 30.3 Å². The van der Waals surface area contributed by atoms with Crippen LogP contribution in [0.1, 0.15) is 0 Å². The van der Waals surface area contributed by atoms with Gasteiger partial charge in [-0.2, -0.15) is 4.31 Å². The van der Waals surface area contributed by atoms with Crippen LogP contribution in [-0.2, 0) is 14.8 Å². The third-order valence-corrected chi connectivity index (χ3v) is 7.85. The molecule has 4 rings (SSSR count). The minimum Gasteiger partial charge on any atom is -0.497 e. The molecular weight excluding hydrogens is 532 g/mol. The summed E-state index contributed by atoms with van der Waals surface area (Å²) in [5.41, 5.74) is 2.10. The molecule has 0 saturated heterocycles. The van der Waals surface area contributed by atoms with Crippen LogP contribution in [0.3, 0.4) is 0 Å². The molecule has 0 fully saturated rings. The molecule has 10 nitrogen and oxygen atoms in total. The fourth-order valence-electron chi connectivity index (χ4n) is 4.00. The Hall–Kier alpha value is -4.61. The van der Waals surface area contributed by atoms with Gasteiger partial charge in [0, 0.05) is 24.4 Å². The van der Waals surface area contributed by atoms with Crippen molar-refractivity contribution in [3.63, 3.8) is 0 Å². The summed E-state index contributed by atoms with van der Waals surface area (Å²) >= 11 is 0. The molecule has 1 N–H and O–H groups in total. The number of imidazole rings is 1. The van der Waals surface area contributed by atoms with Gasteiger partial charge in [0.25, 0.3) is 0 Å². The summed E-state index contributed by atoms with van der Waals surface area (Å²) in [6.07, 6.45) is 3.20. The highest BCUT2D eigenvalue weighted by molar-refractivity contribution is 7.89. The highest BCUT2D eigenvalue weighted by Crippen LogP contribution is 2.32. The van der Waals surface area contributed by atoms with Gasteiger partial charge in [-0.3, -0.25) is 14.7 Å². The zero-order chi connectivity index (χ0) is 28.7. The van der Waals surface area contributed by atoms with E-state index < -0.39 is 22.5 Å². The minimum absolute atomic E-state index is 0.0288. The van der Waals surface area contributed by atoms with E-state index in [0.717, 1.165) is 9.87 Å². The highest BCUT2D eigenvalue weighted by atomic mass is 32.2. The number of carbonyl (C=O) groups excluding carboxylic acids is 1. The molecule has 0 aliphatic rings. The van der Waals surface area contributed by atoms with Crippen molar-refractivity contribution < 1.29 is 27.4 Å². The Morgan fingerprint density at radius 1 is 0.975 bits per heavy atom. The molecule has 208 valence electrons. The molecule has 0 unspecified atom stereocenters. The Bertz CT molecular complexity index is 1580. The van der Waals surface area contributed by atoms with Gasteiger partial charge in [-0.1, -0.05) is 36.4 Å². The molecule has 1 aromatic heterocycles. The SMILES string of the molecule is C=CCN(CC(=O)Nc1nc(-c2ccccc2)cn1-c1ccc(OC)c(OC)c1)S(=O)(=O)c1ccc(OC)cc1. The second kappa shape index (κ2) is 12.5. The number of rotatable bonds is 12. The van der Waals surface area contributed by atoms with Crippen molar-refractivity contribution in [1.29, 1.82) is 0 Å². The fraction of sp³-hybridized carbons (Fsp3) is 0.172. The van der Waals surface area contributed by atoms with E-state index >= 15 is 0 Å². The third-order valence-electron chi connectivity index (χ3n) is 6.02. The Morgan fingerprint density at radius 2 is 1.68 bits per heavy atom. The summed E-state index contributed by atoms with van der Waals surface area (Å²) in [5.74, 6) is 1.18. The van der Waals surface area contributed by atoms with Gasteiger partial charge < -0.3 is 14.2 Å². The van der Waals surface area contributed by atoms with Crippen LogP contribution in [0.4, 0.5) is 5.95 Å². The summed E-state index contributed by atoms with van der Waals surface area (Å²) in [6, 6.07) is 20.7. The highest BCUT2D eigenvalue weighted by Gasteiger charge is 2.27. The number of amides is 1. The zero-order valence-corrected chi connectivity index (χ0v) is 23.2. The number of hydrogen-bond acceptors (Lipinski definition) is 7. The Kier molecular flexibility index (Phi) is 8.87. The van der Waals surface area contributed by atoms with Crippen LogP contribution in [0.5, 0.6) is 17.2 Å². The van der Waals surface area contributed by atoms with Crippen molar-refractivity contribution >= 4 is 21.9 Å². The van der Waals surface area contributed by atoms with E-state index in [9.17, 15) is 13.2 Å². The van der Waals surface area contributed by atoms with Crippen LogP contribution in [0.2, 0.25) is 0 Å². The molecule has 3 aromatic carbocycles. The van der Waals surface area contributed by atoms with Crippen molar-refractivity contribution in [3.05, 3.63) is 91.6 Å². The monoisotopic (exact) mass is 562 g/mol. The quantitative estimate of drug-likeness (QED) is 0.255. The van der Waals surface area contributed by atoms with E-state index in [4.69, 9.17) is 14.2 Å². The Labute approximate surface area is 233 Å². The number of aromatic nitrogens is 2. The van der Waals surface area contributed by atoms with Crippen LogP contribution >= 0.6 is 0 Å². The average molecular weight is 563 g/mol. The molecular formula is C29H30N4O6S. The number of hydrogen-bond donors (Lipinski definition) is 1. The number of methoxy groups -OCH3 is 3. The summed E-state index contributed by atoms with van der Waals surface area (Å²) in [4.78, 5) is 17.9. The van der Waals surface area contributed by atoms with Crippen molar-refractivity contribution in [2.75, 3.05) is 39.7 Å². The number of sulfonamides is 1. The van der Waals surface area contributed by atoms with E-state index in [-0.39, 0.29) is 17.4 Å². The normalized spacial score (nSPS) is 11.2. The summed E-state index contributed by atoms with van der Waals surface area (Å²) in [7, 11) is 0.566. The summed E-state index contributed by atoms with van der Waals surface area (Å²) in [6.45, 7) is 3.12. The van der Waals surface area contributed by atoms with E-state index in [1.165, 1.54) is 32.4 Å². The predicted molar refractivity (Wildman–Crippen MR) is 153 cm³/mol. The van der Waals surface area contributed by atoms with Gasteiger partial charge in [-0.05, 0) is 36.4 Å². The lowest BCUT2D eigenvalue weighted by molar-refractivity contribution is -0.116. The zero-order valence-electron chi connectivity index (χ0n) is 22.4. The van der Waals surface area contributed by atoms with Gasteiger partial charge in [0.2, 0.25) is 21.9 Å². The fourth-order valence-corrected chi connectivity index (χ4v) is 5.37. The third kappa shape index (κ3) is 6.16. The standard InChI is InChI=1S/C29H30N4O6S/c1-5-17-32(40(35,36)24-14-12-23(37-2)13-15-24)20-28(34)31-29-30-25(21-9-7-6-8-10-21)19-33(29)22-11-16-26(38-3)27(18-22)39-4/h5-16,18-19H,1,17,20H2,2-4H3,(H,30,31,34). The molecule has 11 heteroatoms. The van der Waals surface area contributed by atoms with Crippen molar-refractivity contribution in [2.24, 2.45) is 0 Å². The van der Waals surface area contributed by atoms with E-state index in [0.29, 0.717) is 28.6 Å². The molecule has 0 atom stereocenters. The lowest BCUT2D eigenvalue weighted by atomic mass is 10.2. The van der Waals surface area contributed by atoms with Gasteiger partial charge in [0.05, 0.1) is 44.2 Å². The van der Waals surface area contributed by atoms with E-state index in [2.05, 4.69) is 16.9 Å². The summed E-state index contributed by atoms with van der Waals surface area (Å²) in [5, 5.41) is 2.78. The maximum absolute atomic E-state index is 13.3. The molecule has 0 spiro atoms. The topological polar surface area (TPSA) is 112 Å². The van der Waals surface area contributed by atoms with Crippen LogP contribution < -0.4 is 19.5 Å². The molecule has 1 heterocycles. The first-order chi connectivity index (χ1) is 19.3. The molecule has 0 bridgehead atoms. The van der Waals surface area contributed by atoms with E-state index in [1.54, 1.807) is 48.2 Å². The second-order valence-corrected chi connectivity index (χ2v) is 10.5. The predicted octanol–water partition coefficient (Wildman–Crippen LogP) is 4.38. The average Bonchev–Trinajstić information content (AvgIpc) is 3.40. The smallest absolute Gasteiger partial charge is 0.243 e. The van der Waals surface area contributed by atoms with Crippen molar-refractivity contribution in [1.82, 2.24) is 13.9 Å². The summed E-state index contributed by atoms with van der Waals surface area (Å²) < 4.78 is 45.3. The van der Waals surface area contributed by atoms with Gasteiger partial charge in [0.15, 0.2) is 11.5 Å². The van der Waals surface area contributed by atoms with Crippen molar-refractivity contribution in [3.8, 4) is 34.2 Å². The van der Waals surface area contributed by atoms with Gasteiger partial charge in [0.1, 0.15) is 5.75 Å². The molecule has 40 heavy (non-hydrogen) atoms. The molecule has 0 saturated carbocycles. The van der Waals surface area contributed by atoms with Gasteiger partial charge >= 0.3 is 0 Å². The largest absolute Gasteiger partial charge is 0.497 e. The lowest BCUT2D eigenvalue weighted by Crippen LogP contribution is -2.38. The Morgan fingerprint density at radius 3 is 2.30 bits per heavy atom. The lowest BCUT2D eigenvalue weighted by Gasteiger charge is -2.20. The number of carbonyl (C=O) groups is 1. The van der Waals surface area contributed by atoms with Crippen molar-refractivity contribution in [2.45, 2.75) is 4.90 Å². The minimum atomic E-state index is -4.00. The molecule has 1 amide bonds. The number of ether oxygens (including phenoxy) is 3. The molecule has 4 aromatic rings. The maximum Gasteiger partial charge on any atom is 0.243 e. The second-order valence-electron chi connectivity index (χ2n) is 8.54. The van der Waals surface area contributed by atoms with Crippen LogP contribution in [0.15, 0.2) is 96.5 Å². The number of benzene rings is 3. The van der Waals surface area contributed by atoms with Crippen LogP contribution in [-0.4, -0.2) is 62.6 Å². The molecule has 0 radical (unpaired) electrons.